The van der Waals surface area contributed by atoms with Gasteiger partial charge in [0.05, 0.1) is 18.1 Å². The Balaban J connectivity index is 0.00000208. The summed E-state index contributed by atoms with van der Waals surface area (Å²) in [6.45, 7) is 0.109. The Labute approximate surface area is 449 Å². The van der Waals surface area contributed by atoms with Crippen LogP contribution in [0.25, 0.3) is 12.2 Å². The molecule has 2 heterocycles. The number of aliphatic hydroxyl groups is 2. The molecule has 0 aliphatic rings. The van der Waals surface area contributed by atoms with Gasteiger partial charge in [-0.2, -0.15) is 35.5 Å². The third-order valence-corrected chi connectivity index (χ3v) is 10.3. The van der Waals surface area contributed by atoms with Crippen molar-refractivity contribution >= 4 is 79.9 Å². The molecule has 22 nitrogen and oxygen atoms in total. The van der Waals surface area contributed by atoms with Crippen molar-refractivity contribution in [3.8, 4) is 0 Å². The number of aromatic nitrogens is 6. The topological polar surface area (TPSA) is 343 Å². The summed E-state index contributed by atoms with van der Waals surface area (Å²) in [5.74, 6) is 0.392. The fraction of sp³-hybridized carbons (Fsp3) is 0.227. The maximum Gasteiger partial charge on any atom is 1.00 e. The largest absolute Gasteiger partial charge is 1.00 e. The first-order valence-electron chi connectivity index (χ1n) is 20.5. The van der Waals surface area contributed by atoms with E-state index >= 15 is 0 Å². The summed E-state index contributed by atoms with van der Waals surface area (Å²) in [6, 6.07) is 31.4. The maximum atomic E-state index is 12.6. The smallest absolute Gasteiger partial charge is 0.744 e. The molecule has 0 saturated heterocycles. The number of nitrogens with one attached hydrogen (secondary N) is 2. The van der Waals surface area contributed by atoms with Gasteiger partial charge in [-0.1, -0.05) is 60.7 Å². The van der Waals surface area contributed by atoms with E-state index in [1.54, 1.807) is 34.1 Å². The summed E-state index contributed by atoms with van der Waals surface area (Å²) in [5.41, 5.74) is 14.1. The van der Waals surface area contributed by atoms with E-state index in [1.807, 2.05) is 66.7 Å². The molecule has 0 bridgehead atoms. The molecule has 356 valence electrons. The molecule has 26 heteroatoms. The zero-order chi connectivity index (χ0) is 49.1. The van der Waals surface area contributed by atoms with Gasteiger partial charge >= 0.3 is 69.7 Å². The molecule has 70 heavy (non-hydrogen) atoms. The molecule has 8 N–H and O–H groups in total. The minimum atomic E-state index is -4.98. The number of nitrogens with two attached hydrogens (primary N) is 2. The molecule has 6 aromatic rings. The Hall–Kier alpha value is -5.77. The number of hydrogen-bond donors (Lipinski definition) is 6. The van der Waals surface area contributed by atoms with E-state index in [2.05, 4.69) is 46.6 Å². The monoisotopic (exact) mass is 1010 g/mol. The summed E-state index contributed by atoms with van der Waals surface area (Å²) >= 11 is 0. The van der Waals surface area contributed by atoms with Crippen LogP contribution in [0, 0.1) is 6.07 Å². The molecule has 0 atom stereocenters. The van der Waals surface area contributed by atoms with Crippen LogP contribution in [0.4, 0.5) is 35.2 Å². The number of carbonyl (C=O) groups excluding carboxylic acids is 2. The second-order valence-corrected chi connectivity index (χ2v) is 16.2. The zero-order valence-corrected chi connectivity index (χ0v) is 43.8. The average Bonchev–Trinajstić information content (AvgIpc) is 3.29. The molecule has 2 amide bonds. The molecule has 0 aliphatic carbocycles. The molecule has 0 fully saturated rings. The number of para-hydroxylation sites is 1. The van der Waals surface area contributed by atoms with E-state index in [9.17, 15) is 32.8 Å². The summed E-state index contributed by atoms with van der Waals surface area (Å²) < 4.78 is 63.1. The Kier molecular flexibility index (Phi) is 24.6. The minimum Gasteiger partial charge on any atom is -0.744 e. The molecule has 0 saturated carbocycles. The van der Waals surface area contributed by atoms with Crippen LogP contribution in [-0.4, -0.2) is 117 Å². The normalized spacial score (nSPS) is 10.7. The van der Waals surface area contributed by atoms with Gasteiger partial charge in [-0.25, -0.2) is 8.42 Å². The van der Waals surface area contributed by atoms with Crippen molar-refractivity contribution in [3.63, 3.8) is 0 Å². The Bertz CT molecular complexity index is 2910. The number of carbonyl (C=O) groups is 2. The van der Waals surface area contributed by atoms with Gasteiger partial charge in [-0.3, -0.25) is 9.59 Å². The fourth-order valence-corrected chi connectivity index (χ4v) is 6.99. The van der Waals surface area contributed by atoms with Crippen LogP contribution in [0.2, 0.25) is 0 Å². The second kappa shape index (κ2) is 29.4. The number of amides is 2. The van der Waals surface area contributed by atoms with Crippen LogP contribution in [0.15, 0.2) is 102 Å². The van der Waals surface area contributed by atoms with E-state index in [-0.39, 0.29) is 153 Å². The van der Waals surface area contributed by atoms with E-state index in [4.69, 9.17) is 24.1 Å². The first-order valence-corrected chi connectivity index (χ1v) is 23.0. The van der Waals surface area contributed by atoms with Gasteiger partial charge in [0, 0.05) is 56.8 Å². The van der Waals surface area contributed by atoms with E-state index in [0.717, 1.165) is 16.8 Å². The number of benzene rings is 4. The minimum absolute atomic E-state index is 0. The van der Waals surface area contributed by atoms with E-state index in [0.29, 0.717) is 23.6 Å². The van der Waals surface area contributed by atoms with Gasteiger partial charge in [0.1, 0.15) is 21.8 Å². The molecule has 2 aromatic heterocycles. The van der Waals surface area contributed by atoms with E-state index in [1.165, 1.54) is 18.2 Å². The van der Waals surface area contributed by atoms with Crippen molar-refractivity contribution in [1.82, 2.24) is 29.9 Å². The second-order valence-electron chi connectivity index (χ2n) is 14.5. The SMILES string of the molecule is NC(=O)CCN(CCO)c1nc(Cc2c[c-]c(/C=C/c3ccc(Nc4nc(Cc5ccccc5)nc(N(CCO)CCC(N)=O)n4)cc3S(=O)(=O)[O-])cc2)nc(Nc2ccccc2)n1.O=S(=O)=O.[Na+].[Na+]. The van der Waals surface area contributed by atoms with E-state index < -0.39 is 37.4 Å². The van der Waals surface area contributed by atoms with Crippen molar-refractivity contribution in [3.05, 3.63) is 137 Å². The van der Waals surface area contributed by atoms with Gasteiger partial charge in [0.25, 0.3) is 0 Å². The molecule has 6 rings (SSSR count). The van der Waals surface area contributed by atoms with Gasteiger partial charge in [-0.05, 0) is 41.8 Å². The van der Waals surface area contributed by atoms with Crippen LogP contribution < -0.4 is 91.0 Å². The molecular weight excluding hydrogens is 967 g/mol. The predicted molar refractivity (Wildman–Crippen MR) is 249 cm³/mol. The first kappa shape index (κ1) is 58.5. The van der Waals surface area contributed by atoms with Crippen molar-refractivity contribution in [2.75, 3.05) is 59.8 Å². The number of nitrogens with zero attached hydrogens (tertiary/aromatic N) is 8. The Morgan fingerprint density at radius 3 is 1.63 bits per heavy atom. The standard InChI is InChI=1S/C44H47N12O7S.2Na.O3S/c45-37(59)19-21-55(23-25-57)43-52-40(49-41(53-43)47-34-9-5-2-6-10-34)28-32-13-11-30(12-14-32)15-16-33-17-18-35(29-36(33)64(61,62)63)48-42-50-39(27-31-7-3-1-4-8-31)51-44(54-42)56(24-26-58)22-20-38(46)60;;;1-4(2)3/h1-11,13-18,29,57-58H,19-28H2,(H2,45,59)(H2,46,60)(H,61,62,63)(H,47,49,52,53)(H,48,50,51,54);;;/q-1;2*+1;/p-1/b16-15+;;;. The molecular formula is C44H46N12Na2O10S2. The molecule has 0 radical (unpaired) electrons. The van der Waals surface area contributed by atoms with Crippen LogP contribution in [0.1, 0.15) is 46.7 Å². The molecule has 0 unspecified atom stereocenters. The average molecular weight is 1010 g/mol. The quantitative estimate of drug-likeness (QED) is 0.0154. The van der Waals surface area contributed by atoms with Crippen LogP contribution in [-0.2, 0) is 43.2 Å². The first-order chi connectivity index (χ1) is 32.6. The number of hydrogen-bond acceptors (Lipinski definition) is 20. The van der Waals surface area contributed by atoms with Gasteiger partial charge in [0.15, 0.2) is 0 Å². The van der Waals surface area contributed by atoms with Crippen molar-refractivity contribution < 1.29 is 105 Å². The van der Waals surface area contributed by atoms with Crippen molar-refractivity contribution in [2.45, 2.75) is 30.6 Å². The number of primary amides is 2. The van der Waals surface area contributed by atoms with Gasteiger partial charge in [0.2, 0.25) is 35.6 Å². The fourth-order valence-electron chi connectivity index (χ4n) is 6.29. The summed E-state index contributed by atoms with van der Waals surface area (Å²) in [4.78, 5) is 53.3. The molecule has 0 aliphatic heterocycles. The third kappa shape index (κ3) is 19.9. The Morgan fingerprint density at radius 2 is 1.16 bits per heavy atom. The van der Waals surface area contributed by atoms with Gasteiger partial charge in [-0.15, -0.1) is 48.5 Å². The summed E-state index contributed by atoms with van der Waals surface area (Å²) in [7, 11) is -8.09. The van der Waals surface area contributed by atoms with Crippen LogP contribution in [0.3, 0.4) is 0 Å². The van der Waals surface area contributed by atoms with Crippen molar-refractivity contribution in [2.24, 2.45) is 11.5 Å². The number of anilines is 6. The number of rotatable bonds is 23. The molecule has 4 aromatic carbocycles. The van der Waals surface area contributed by atoms with Crippen molar-refractivity contribution in [1.29, 1.82) is 0 Å². The maximum absolute atomic E-state index is 12.6. The zero-order valence-electron chi connectivity index (χ0n) is 38.2. The number of aliphatic hydroxyl groups excluding tert-OH is 2. The Morgan fingerprint density at radius 1 is 0.657 bits per heavy atom. The van der Waals surface area contributed by atoms with Crippen LogP contribution >= 0.6 is 0 Å². The summed E-state index contributed by atoms with van der Waals surface area (Å²) in [6.07, 6.45) is 3.69. The summed E-state index contributed by atoms with van der Waals surface area (Å²) in [5, 5.41) is 25.6. The third-order valence-electron chi connectivity index (χ3n) is 9.38. The molecule has 0 spiro atoms. The van der Waals surface area contributed by atoms with Crippen LogP contribution in [0.5, 0.6) is 0 Å². The van der Waals surface area contributed by atoms with Gasteiger partial charge < -0.3 is 46.7 Å². The predicted octanol–water partition coefficient (Wildman–Crippen LogP) is -4.05.